The first-order chi connectivity index (χ1) is 8.91. The van der Waals surface area contributed by atoms with Crippen LogP contribution in [0.3, 0.4) is 0 Å². The van der Waals surface area contributed by atoms with Crippen molar-refractivity contribution in [3.63, 3.8) is 0 Å². The van der Waals surface area contributed by atoms with Gasteiger partial charge >= 0.3 is 0 Å². The van der Waals surface area contributed by atoms with E-state index in [9.17, 15) is 0 Å². The largest absolute Gasteiger partial charge is 0.316 e. The van der Waals surface area contributed by atoms with Gasteiger partial charge in [0, 0.05) is 0 Å². The van der Waals surface area contributed by atoms with Crippen LogP contribution >= 0.6 is 0 Å². The summed E-state index contributed by atoms with van der Waals surface area (Å²) < 4.78 is 0. The second-order valence-electron chi connectivity index (χ2n) is 7.24. The summed E-state index contributed by atoms with van der Waals surface area (Å²) >= 11 is 0. The molecule has 1 heterocycles. The first kappa shape index (κ1) is 13.0. The maximum Gasteiger partial charge on any atom is -0.00125 e. The Kier molecular flexibility index (Phi) is 4.28. The maximum absolute atomic E-state index is 3.72. The topological polar surface area (TPSA) is 12.0 Å². The van der Waals surface area contributed by atoms with E-state index in [2.05, 4.69) is 5.32 Å². The molecule has 104 valence electrons. The minimum absolute atomic E-state index is 0.751. The first-order valence-corrected chi connectivity index (χ1v) is 8.61. The van der Waals surface area contributed by atoms with Gasteiger partial charge in [0.25, 0.3) is 0 Å². The van der Waals surface area contributed by atoms with Gasteiger partial charge in [0.1, 0.15) is 0 Å². The molecule has 1 spiro atoms. The monoisotopic (exact) mass is 249 g/mol. The van der Waals surface area contributed by atoms with Crippen molar-refractivity contribution in [2.24, 2.45) is 17.3 Å². The second-order valence-corrected chi connectivity index (χ2v) is 7.24. The van der Waals surface area contributed by atoms with E-state index >= 15 is 0 Å². The lowest BCUT2D eigenvalue weighted by molar-refractivity contribution is 0.0329. The van der Waals surface area contributed by atoms with E-state index in [-0.39, 0.29) is 0 Å². The van der Waals surface area contributed by atoms with Gasteiger partial charge in [-0.05, 0) is 49.6 Å². The molecule has 0 aromatic heterocycles. The van der Waals surface area contributed by atoms with Crippen molar-refractivity contribution in [3.05, 3.63) is 0 Å². The Morgan fingerprint density at radius 2 is 1.39 bits per heavy atom. The molecule has 1 unspecified atom stereocenters. The lowest BCUT2D eigenvalue weighted by Crippen LogP contribution is -2.48. The minimum atomic E-state index is 0.751. The van der Waals surface area contributed by atoms with Gasteiger partial charge in [-0.25, -0.2) is 0 Å². The number of rotatable bonds is 1. The molecule has 3 fully saturated rings. The molecule has 0 radical (unpaired) electrons. The summed E-state index contributed by atoms with van der Waals surface area (Å²) in [7, 11) is 0. The van der Waals surface area contributed by atoms with E-state index in [1.165, 1.54) is 77.3 Å². The predicted molar refractivity (Wildman–Crippen MR) is 77.7 cm³/mol. The Bertz CT molecular complexity index is 246. The van der Waals surface area contributed by atoms with Crippen molar-refractivity contribution >= 4 is 0 Å². The zero-order valence-electron chi connectivity index (χ0n) is 12.1. The van der Waals surface area contributed by atoms with E-state index in [0.717, 1.165) is 17.3 Å². The molecule has 3 aliphatic rings. The lowest BCUT2D eigenvalue weighted by atomic mass is 9.60. The van der Waals surface area contributed by atoms with Gasteiger partial charge in [0.15, 0.2) is 0 Å². The molecule has 1 N–H and O–H groups in total. The smallest absolute Gasteiger partial charge is 0.00125 e. The van der Waals surface area contributed by atoms with E-state index < -0.39 is 0 Å². The van der Waals surface area contributed by atoms with E-state index in [4.69, 9.17) is 0 Å². The normalized spacial score (nSPS) is 34.3. The number of hydrogen-bond acceptors (Lipinski definition) is 1. The zero-order valence-corrected chi connectivity index (χ0v) is 12.1. The van der Waals surface area contributed by atoms with Crippen LogP contribution in [0.25, 0.3) is 0 Å². The summed E-state index contributed by atoms with van der Waals surface area (Å²) in [5.74, 6) is 2.09. The van der Waals surface area contributed by atoms with Crippen molar-refractivity contribution in [3.8, 4) is 0 Å². The lowest BCUT2D eigenvalue weighted by Gasteiger charge is -2.48. The Balaban J connectivity index is 1.74. The van der Waals surface area contributed by atoms with Crippen LogP contribution in [0.15, 0.2) is 0 Å². The summed E-state index contributed by atoms with van der Waals surface area (Å²) in [5.41, 5.74) is 0.751. The highest BCUT2D eigenvalue weighted by Gasteiger charge is 2.44. The van der Waals surface area contributed by atoms with E-state index in [0.29, 0.717) is 0 Å². The third kappa shape index (κ3) is 2.61. The fraction of sp³-hybridized carbons (Fsp3) is 1.00. The molecule has 1 nitrogen and oxygen atoms in total. The summed E-state index contributed by atoms with van der Waals surface area (Å²) in [6.07, 6.45) is 18.2. The van der Waals surface area contributed by atoms with Crippen molar-refractivity contribution < 1.29 is 0 Å². The van der Waals surface area contributed by atoms with Gasteiger partial charge in [0.05, 0.1) is 0 Å². The molecule has 18 heavy (non-hydrogen) atoms. The fourth-order valence-electron chi connectivity index (χ4n) is 5.25. The predicted octanol–water partition coefficient (Wildman–Crippen LogP) is 4.52. The van der Waals surface area contributed by atoms with Crippen LogP contribution in [-0.4, -0.2) is 13.1 Å². The summed E-state index contributed by atoms with van der Waals surface area (Å²) in [6, 6.07) is 0. The molecule has 0 bridgehead atoms. The third-order valence-electron chi connectivity index (χ3n) is 6.27. The van der Waals surface area contributed by atoms with Crippen LogP contribution < -0.4 is 5.32 Å². The van der Waals surface area contributed by atoms with E-state index in [1.54, 1.807) is 12.8 Å². The molecule has 0 aromatic rings. The maximum atomic E-state index is 3.72. The number of nitrogens with one attached hydrogen (secondary N) is 1. The van der Waals surface area contributed by atoms with Crippen LogP contribution in [0.2, 0.25) is 0 Å². The molecule has 1 aliphatic heterocycles. The standard InChI is InChI=1S/C17H31N/c1-2-6-10-17(11-7-3-1)12-13-18-14-16(17)15-8-4-5-9-15/h15-16,18H,1-14H2. The highest BCUT2D eigenvalue weighted by Crippen LogP contribution is 2.51. The highest BCUT2D eigenvalue weighted by atomic mass is 14.9. The minimum Gasteiger partial charge on any atom is -0.316 e. The van der Waals surface area contributed by atoms with Crippen LogP contribution in [0.5, 0.6) is 0 Å². The Morgan fingerprint density at radius 3 is 2.11 bits per heavy atom. The number of hydrogen-bond donors (Lipinski definition) is 1. The van der Waals surface area contributed by atoms with Crippen molar-refractivity contribution in [2.45, 2.75) is 77.0 Å². The molecule has 2 aliphatic carbocycles. The van der Waals surface area contributed by atoms with Crippen LogP contribution in [0, 0.1) is 17.3 Å². The molecular weight excluding hydrogens is 218 g/mol. The molecule has 0 amide bonds. The third-order valence-corrected chi connectivity index (χ3v) is 6.27. The fourth-order valence-corrected chi connectivity index (χ4v) is 5.25. The molecule has 1 atom stereocenters. The zero-order chi connectivity index (χ0) is 12.3. The number of piperidine rings is 1. The molecular formula is C17H31N. The Morgan fingerprint density at radius 1 is 0.722 bits per heavy atom. The summed E-state index contributed by atoms with van der Waals surface area (Å²) in [6.45, 7) is 2.63. The van der Waals surface area contributed by atoms with Gasteiger partial charge in [0.2, 0.25) is 0 Å². The average Bonchev–Trinajstić information content (AvgIpc) is 2.88. The van der Waals surface area contributed by atoms with E-state index in [1.807, 2.05) is 0 Å². The van der Waals surface area contributed by atoms with Gasteiger partial charge < -0.3 is 5.32 Å². The van der Waals surface area contributed by atoms with Gasteiger partial charge in [-0.3, -0.25) is 0 Å². The molecule has 2 saturated carbocycles. The Hall–Kier alpha value is -0.0400. The van der Waals surface area contributed by atoms with Crippen molar-refractivity contribution in [2.75, 3.05) is 13.1 Å². The van der Waals surface area contributed by atoms with Crippen molar-refractivity contribution in [1.29, 1.82) is 0 Å². The molecule has 0 aromatic carbocycles. The van der Waals surface area contributed by atoms with Gasteiger partial charge in [-0.2, -0.15) is 0 Å². The van der Waals surface area contributed by atoms with Gasteiger partial charge in [-0.15, -0.1) is 0 Å². The molecule has 1 heteroatoms. The van der Waals surface area contributed by atoms with Crippen LogP contribution in [0.1, 0.15) is 77.0 Å². The van der Waals surface area contributed by atoms with Crippen LogP contribution in [-0.2, 0) is 0 Å². The van der Waals surface area contributed by atoms with Gasteiger partial charge in [-0.1, -0.05) is 57.8 Å². The highest BCUT2D eigenvalue weighted by molar-refractivity contribution is 4.96. The SMILES string of the molecule is C1CCCC2(CCC1)CCNCC2C1CCCC1. The first-order valence-electron chi connectivity index (χ1n) is 8.61. The quantitative estimate of drug-likeness (QED) is 0.720. The summed E-state index contributed by atoms with van der Waals surface area (Å²) in [4.78, 5) is 0. The second kappa shape index (κ2) is 5.94. The Labute approximate surface area is 113 Å². The average molecular weight is 249 g/mol. The van der Waals surface area contributed by atoms with Crippen LogP contribution in [0.4, 0.5) is 0 Å². The van der Waals surface area contributed by atoms with Crippen molar-refractivity contribution in [1.82, 2.24) is 5.32 Å². The molecule has 1 saturated heterocycles. The summed E-state index contributed by atoms with van der Waals surface area (Å²) in [5, 5.41) is 3.72. The molecule has 3 rings (SSSR count).